The SMILES string of the molecule is CCOc1cc(C=Nn2c(-c3cc4cc(Br)ccc4o3)nc3ccccc3c2=O)cc(I)c1OCc1ccc(C)cc1. The molecule has 0 aliphatic carbocycles. The van der Waals surface area contributed by atoms with E-state index in [1.807, 2.05) is 55.5 Å². The number of rotatable bonds is 8. The normalized spacial score (nSPS) is 11.5. The number of hydrogen-bond acceptors (Lipinski definition) is 6. The quantitative estimate of drug-likeness (QED) is 0.116. The molecule has 0 aliphatic rings. The molecule has 0 N–H and O–H groups in total. The Balaban J connectivity index is 1.40. The van der Waals surface area contributed by atoms with E-state index in [4.69, 9.17) is 18.9 Å². The zero-order valence-electron chi connectivity index (χ0n) is 22.8. The van der Waals surface area contributed by atoms with Crippen LogP contribution in [0.15, 0.2) is 104 Å². The van der Waals surface area contributed by atoms with Crippen molar-refractivity contribution in [3.63, 3.8) is 0 Å². The predicted octanol–water partition coefficient (Wildman–Crippen LogP) is 8.35. The minimum absolute atomic E-state index is 0.300. The molecule has 6 aromatic rings. The molecule has 210 valence electrons. The predicted molar refractivity (Wildman–Crippen MR) is 178 cm³/mol. The number of benzene rings is 4. The highest BCUT2D eigenvalue weighted by Crippen LogP contribution is 2.35. The highest BCUT2D eigenvalue weighted by atomic mass is 127. The fraction of sp³-hybridized carbons (Fsp3) is 0.121. The fourth-order valence-corrected chi connectivity index (χ4v) is 5.70. The Bertz CT molecular complexity index is 2020. The van der Waals surface area contributed by atoms with Gasteiger partial charge >= 0.3 is 0 Å². The number of furan rings is 1. The lowest BCUT2D eigenvalue weighted by Crippen LogP contribution is -2.20. The molecule has 0 bridgehead atoms. The maximum Gasteiger partial charge on any atom is 0.282 e. The van der Waals surface area contributed by atoms with Crippen molar-refractivity contribution < 1.29 is 13.9 Å². The molecule has 2 heterocycles. The average Bonchev–Trinajstić information content (AvgIpc) is 3.40. The standard InChI is InChI=1S/C33H25BrIN3O4/c1-3-40-29-15-22(14-26(35)31(29)41-19-21-10-8-20(2)9-11-21)18-36-38-32(37-27-7-5-4-6-25(27)33(38)39)30-17-23-16-24(34)12-13-28(23)42-30/h4-18H,3,19H2,1-2H3. The third-order valence-corrected chi connectivity index (χ3v) is 7.90. The van der Waals surface area contributed by atoms with Gasteiger partial charge in [0.15, 0.2) is 17.3 Å². The lowest BCUT2D eigenvalue weighted by Gasteiger charge is -2.15. The van der Waals surface area contributed by atoms with Gasteiger partial charge in [-0.2, -0.15) is 9.78 Å². The summed E-state index contributed by atoms with van der Waals surface area (Å²) in [5.74, 6) is 2.01. The molecule has 0 saturated heterocycles. The summed E-state index contributed by atoms with van der Waals surface area (Å²) < 4.78 is 21.3. The van der Waals surface area contributed by atoms with E-state index in [0.29, 0.717) is 52.8 Å². The Morgan fingerprint density at radius 1 is 1.02 bits per heavy atom. The summed E-state index contributed by atoms with van der Waals surface area (Å²) in [6.07, 6.45) is 1.62. The number of aryl methyl sites for hydroxylation is 1. The maximum atomic E-state index is 13.7. The van der Waals surface area contributed by atoms with Gasteiger partial charge in [-0.3, -0.25) is 4.79 Å². The third kappa shape index (κ3) is 5.84. The van der Waals surface area contributed by atoms with Crippen molar-refractivity contribution >= 4 is 66.6 Å². The second-order valence-electron chi connectivity index (χ2n) is 9.64. The smallest absolute Gasteiger partial charge is 0.282 e. The van der Waals surface area contributed by atoms with Gasteiger partial charge in [-0.05, 0) is 96.1 Å². The zero-order chi connectivity index (χ0) is 29.2. The van der Waals surface area contributed by atoms with Crippen LogP contribution in [-0.4, -0.2) is 22.5 Å². The lowest BCUT2D eigenvalue weighted by atomic mass is 10.2. The van der Waals surface area contributed by atoms with E-state index in [2.05, 4.69) is 74.8 Å². The summed E-state index contributed by atoms with van der Waals surface area (Å²) >= 11 is 5.74. The third-order valence-electron chi connectivity index (χ3n) is 6.61. The van der Waals surface area contributed by atoms with Crippen molar-refractivity contribution in [2.45, 2.75) is 20.5 Å². The molecule has 7 nitrogen and oxygen atoms in total. The molecule has 0 atom stereocenters. The first-order chi connectivity index (χ1) is 20.4. The molecule has 0 amide bonds. The second kappa shape index (κ2) is 12.1. The zero-order valence-corrected chi connectivity index (χ0v) is 26.5. The Morgan fingerprint density at radius 2 is 1.83 bits per heavy atom. The van der Waals surface area contributed by atoms with Crippen LogP contribution in [0.5, 0.6) is 11.5 Å². The summed E-state index contributed by atoms with van der Waals surface area (Å²) in [4.78, 5) is 18.4. The summed E-state index contributed by atoms with van der Waals surface area (Å²) in [5, 5.41) is 5.96. The molecule has 9 heteroatoms. The fourth-order valence-electron chi connectivity index (χ4n) is 4.54. The Labute approximate surface area is 264 Å². The molecule has 0 saturated carbocycles. The van der Waals surface area contributed by atoms with Gasteiger partial charge in [-0.15, -0.1) is 0 Å². The summed E-state index contributed by atoms with van der Waals surface area (Å²) in [5.41, 5.74) is 3.95. The van der Waals surface area contributed by atoms with Crippen LogP contribution in [0.25, 0.3) is 33.5 Å². The molecule has 0 spiro atoms. The average molecular weight is 734 g/mol. The van der Waals surface area contributed by atoms with Crippen LogP contribution < -0.4 is 15.0 Å². The Kier molecular flexibility index (Phi) is 8.12. The van der Waals surface area contributed by atoms with Gasteiger partial charge in [-0.25, -0.2) is 4.98 Å². The van der Waals surface area contributed by atoms with Crippen LogP contribution >= 0.6 is 38.5 Å². The van der Waals surface area contributed by atoms with Crippen molar-refractivity contribution in [1.29, 1.82) is 0 Å². The first-order valence-corrected chi connectivity index (χ1v) is 15.2. The van der Waals surface area contributed by atoms with Crippen LogP contribution in [0.2, 0.25) is 0 Å². The van der Waals surface area contributed by atoms with E-state index in [1.54, 1.807) is 18.3 Å². The van der Waals surface area contributed by atoms with Crippen LogP contribution in [-0.2, 0) is 6.61 Å². The van der Waals surface area contributed by atoms with Crippen LogP contribution in [0.3, 0.4) is 0 Å². The maximum absolute atomic E-state index is 13.7. The number of hydrogen-bond donors (Lipinski definition) is 0. The number of fused-ring (bicyclic) bond motifs is 2. The summed E-state index contributed by atoms with van der Waals surface area (Å²) in [6, 6.07) is 26.8. The van der Waals surface area contributed by atoms with Crippen LogP contribution in [0.4, 0.5) is 0 Å². The van der Waals surface area contributed by atoms with Gasteiger partial charge in [0.1, 0.15) is 12.2 Å². The van der Waals surface area contributed by atoms with Crippen molar-refractivity contribution in [2.24, 2.45) is 5.10 Å². The topological polar surface area (TPSA) is 78.9 Å². The summed E-state index contributed by atoms with van der Waals surface area (Å²) in [7, 11) is 0. The van der Waals surface area contributed by atoms with Crippen molar-refractivity contribution in [1.82, 2.24) is 9.66 Å². The van der Waals surface area contributed by atoms with Crippen molar-refractivity contribution in [2.75, 3.05) is 6.61 Å². The number of ether oxygens (including phenoxy) is 2. The van der Waals surface area contributed by atoms with E-state index >= 15 is 0 Å². The Morgan fingerprint density at radius 3 is 2.64 bits per heavy atom. The number of para-hydroxylation sites is 1. The van der Waals surface area contributed by atoms with Crippen LogP contribution in [0.1, 0.15) is 23.6 Å². The first kappa shape index (κ1) is 28.2. The molecule has 0 unspecified atom stereocenters. The number of halogens is 2. The molecule has 0 fully saturated rings. The van der Waals surface area contributed by atoms with E-state index in [9.17, 15) is 4.79 Å². The highest BCUT2D eigenvalue weighted by molar-refractivity contribution is 14.1. The van der Waals surface area contributed by atoms with Gasteiger partial charge in [0.05, 0.1) is 27.3 Å². The van der Waals surface area contributed by atoms with E-state index in [1.165, 1.54) is 10.2 Å². The summed E-state index contributed by atoms with van der Waals surface area (Å²) in [6.45, 7) is 4.87. The monoisotopic (exact) mass is 733 g/mol. The van der Waals surface area contributed by atoms with Gasteiger partial charge in [0.25, 0.3) is 5.56 Å². The second-order valence-corrected chi connectivity index (χ2v) is 11.7. The van der Waals surface area contributed by atoms with Gasteiger partial charge in [0.2, 0.25) is 5.82 Å². The van der Waals surface area contributed by atoms with Crippen LogP contribution in [0, 0.1) is 10.5 Å². The molecular formula is C33H25BrIN3O4. The minimum Gasteiger partial charge on any atom is -0.490 e. The van der Waals surface area contributed by atoms with Gasteiger partial charge < -0.3 is 13.9 Å². The first-order valence-electron chi connectivity index (χ1n) is 13.3. The number of nitrogens with zero attached hydrogens (tertiary/aromatic N) is 3. The van der Waals surface area contributed by atoms with Gasteiger partial charge in [-0.1, -0.05) is 57.9 Å². The van der Waals surface area contributed by atoms with Crippen molar-refractivity contribution in [3.05, 3.63) is 120 Å². The molecule has 0 radical (unpaired) electrons. The molecule has 6 rings (SSSR count). The molecule has 0 aliphatic heterocycles. The minimum atomic E-state index is -0.300. The molecule has 42 heavy (non-hydrogen) atoms. The Hall–Kier alpha value is -3.96. The van der Waals surface area contributed by atoms with Gasteiger partial charge in [0, 0.05) is 9.86 Å². The van der Waals surface area contributed by atoms with Crippen molar-refractivity contribution in [3.8, 4) is 23.1 Å². The molecule has 4 aromatic carbocycles. The largest absolute Gasteiger partial charge is 0.490 e. The van der Waals surface area contributed by atoms with E-state index in [-0.39, 0.29) is 5.56 Å². The lowest BCUT2D eigenvalue weighted by molar-refractivity contribution is 0.267. The molecule has 2 aromatic heterocycles. The number of aromatic nitrogens is 2. The van der Waals surface area contributed by atoms with E-state index in [0.717, 1.165) is 24.6 Å². The molecular weight excluding hydrogens is 709 g/mol. The highest BCUT2D eigenvalue weighted by Gasteiger charge is 2.17. The van der Waals surface area contributed by atoms with E-state index < -0.39 is 0 Å².